The van der Waals surface area contributed by atoms with Gasteiger partial charge in [-0.3, -0.25) is 9.59 Å². The minimum Gasteiger partial charge on any atom is -0.352 e. The van der Waals surface area contributed by atoms with Gasteiger partial charge in [-0.1, -0.05) is 6.07 Å². The zero-order valence-corrected chi connectivity index (χ0v) is 20.0. The van der Waals surface area contributed by atoms with Crippen molar-refractivity contribution in [1.82, 2.24) is 24.8 Å². The number of anilines is 2. The van der Waals surface area contributed by atoms with Gasteiger partial charge in [0.05, 0.1) is 23.1 Å². The Bertz CT molecular complexity index is 1350. The van der Waals surface area contributed by atoms with Gasteiger partial charge < -0.3 is 20.1 Å². The topological polar surface area (TPSA) is 107 Å². The summed E-state index contributed by atoms with van der Waals surface area (Å²) in [7, 11) is 0. The van der Waals surface area contributed by atoms with Crippen molar-refractivity contribution in [3.63, 3.8) is 0 Å². The summed E-state index contributed by atoms with van der Waals surface area (Å²) in [6, 6.07) is 8.05. The van der Waals surface area contributed by atoms with Crippen LogP contribution in [0.3, 0.4) is 0 Å². The molecular weight excluding hydrogens is 450 g/mol. The van der Waals surface area contributed by atoms with Crippen LogP contribution in [0, 0.1) is 0 Å². The molecule has 0 saturated carbocycles. The molecule has 176 valence electrons. The minimum atomic E-state index is -0.271. The molecule has 0 spiro atoms. The summed E-state index contributed by atoms with van der Waals surface area (Å²) in [6.45, 7) is 7.22. The van der Waals surface area contributed by atoms with Crippen molar-refractivity contribution in [3.8, 4) is 11.3 Å². The lowest BCUT2D eigenvalue weighted by Crippen LogP contribution is -2.58. The second kappa shape index (κ2) is 8.86. The number of carbonyl (C=O) groups is 2. The number of rotatable bonds is 4. The average Bonchev–Trinajstić information content (AvgIpc) is 3.48. The predicted octanol–water partition coefficient (Wildman–Crippen LogP) is 4.03. The number of thiazole rings is 1. The molecule has 34 heavy (non-hydrogen) atoms. The monoisotopic (exact) mass is 477 g/mol. The van der Waals surface area contributed by atoms with Gasteiger partial charge in [0, 0.05) is 56.1 Å². The number of aromatic nitrogens is 4. The standard InChI is InChI=1S/C24H25N7O2S.H2/c1-14-10-30(11-15(2)31(14)16(3)32)22-6-4-5-20(29-22)19-9-26-23-18(19)7-17(8-25-23)28-24(33)21-12-34-13-27-21;/h4-9,12-15H,10-11H2,1-3H3,(H,25,26)(H,28,33);1H/t14-,15+;. The van der Waals surface area contributed by atoms with E-state index >= 15 is 0 Å². The number of aromatic amines is 1. The number of piperazine rings is 1. The Morgan fingerprint density at radius 3 is 2.71 bits per heavy atom. The summed E-state index contributed by atoms with van der Waals surface area (Å²) in [4.78, 5) is 45.2. The summed E-state index contributed by atoms with van der Waals surface area (Å²) in [5.74, 6) is 0.701. The number of fused-ring (bicyclic) bond motifs is 1. The minimum absolute atomic E-state index is 0. The maximum atomic E-state index is 12.4. The summed E-state index contributed by atoms with van der Waals surface area (Å²) >= 11 is 1.37. The third kappa shape index (κ3) is 4.12. The molecule has 0 unspecified atom stereocenters. The van der Waals surface area contributed by atoms with E-state index in [0.29, 0.717) is 17.0 Å². The molecule has 10 heteroatoms. The predicted molar refractivity (Wildman–Crippen MR) is 135 cm³/mol. The number of hydrogen-bond acceptors (Lipinski definition) is 7. The molecule has 2 N–H and O–H groups in total. The van der Waals surface area contributed by atoms with Gasteiger partial charge in [0.15, 0.2) is 0 Å². The number of nitrogens with one attached hydrogen (secondary N) is 2. The highest BCUT2D eigenvalue weighted by atomic mass is 32.1. The third-order valence-electron chi connectivity index (χ3n) is 6.07. The van der Waals surface area contributed by atoms with Crippen LogP contribution in [0.15, 0.2) is 47.5 Å². The first kappa shape index (κ1) is 22.0. The summed E-state index contributed by atoms with van der Waals surface area (Å²) in [5, 5.41) is 5.43. The molecule has 5 heterocycles. The highest BCUT2D eigenvalue weighted by Crippen LogP contribution is 2.30. The van der Waals surface area contributed by atoms with Crippen LogP contribution in [0.1, 0.15) is 32.7 Å². The van der Waals surface area contributed by atoms with Crippen LogP contribution in [0.5, 0.6) is 0 Å². The number of carbonyl (C=O) groups excluding carboxylic acids is 2. The Morgan fingerprint density at radius 2 is 2.00 bits per heavy atom. The van der Waals surface area contributed by atoms with Crippen LogP contribution in [0.4, 0.5) is 11.5 Å². The second-order valence-corrected chi connectivity index (χ2v) is 9.28. The molecular formula is C24H27N7O2S. The summed E-state index contributed by atoms with van der Waals surface area (Å²) in [6.07, 6.45) is 3.50. The van der Waals surface area contributed by atoms with Gasteiger partial charge in [-0.15, -0.1) is 11.3 Å². The second-order valence-electron chi connectivity index (χ2n) is 8.56. The van der Waals surface area contributed by atoms with E-state index in [-0.39, 0.29) is 25.3 Å². The van der Waals surface area contributed by atoms with E-state index in [0.717, 1.165) is 35.6 Å². The largest absolute Gasteiger partial charge is 0.352 e. The van der Waals surface area contributed by atoms with E-state index in [2.05, 4.69) is 39.0 Å². The zero-order valence-electron chi connectivity index (χ0n) is 19.1. The van der Waals surface area contributed by atoms with Crippen molar-refractivity contribution < 1.29 is 11.0 Å². The molecule has 0 bridgehead atoms. The smallest absolute Gasteiger partial charge is 0.275 e. The zero-order chi connectivity index (χ0) is 23.8. The molecule has 4 aromatic heterocycles. The Balaban J connectivity index is 0.00000289. The van der Waals surface area contributed by atoms with E-state index < -0.39 is 0 Å². The Labute approximate surface area is 202 Å². The highest BCUT2D eigenvalue weighted by molar-refractivity contribution is 7.07. The third-order valence-corrected chi connectivity index (χ3v) is 6.66. The van der Waals surface area contributed by atoms with Crippen molar-refractivity contribution >= 4 is 45.7 Å². The van der Waals surface area contributed by atoms with Gasteiger partial charge in [0.25, 0.3) is 5.91 Å². The SMILES string of the molecule is CC(=O)N1[C@H](C)CN(c2cccc(-c3c[nH]c4ncc(NC(=O)c5cscn5)cc34)n2)C[C@@H]1C.[HH]. The molecule has 2 amide bonds. The number of pyridine rings is 2. The molecule has 2 atom stereocenters. The van der Waals surface area contributed by atoms with Crippen molar-refractivity contribution in [3.05, 3.63) is 53.2 Å². The molecule has 1 fully saturated rings. The van der Waals surface area contributed by atoms with Crippen LogP contribution in [0.2, 0.25) is 0 Å². The van der Waals surface area contributed by atoms with E-state index in [4.69, 9.17) is 4.98 Å². The Kier molecular flexibility index (Phi) is 5.74. The van der Waals surface area contributed by atoms with E-state index in [1.165, 1.54) is 11.3 Å². The fraction of sp³-hybridized carbons (Fsp3) is 0.292. The molecule has 1 aliphatic rings. The van der Waals surface area contributed by atoms with Crippen molar-refractivity contribution in [2.24, 2.45) is 0 Å². The summed E-state index contributed by atoms with van der Waals surface area (Å²) in [5.41, 5.74) is 5.01. The van der Waals surface area contributed by atoms with Crippen LogP contribution in [-0.4, -0.2) is 61.8 Å². The Hall–Kier alpha value is -3.79. The van der Waals surface area contributed by atoms with Crippen molar-refractivity contribution in [1.29, 1.82) is 0 Å². The van der Waals surface area contributed by atoms with E-state index in [1.54, 1.807) is 24.0 Å². The first-order valence-electron chi connectivity index (χ1n) is 11.1. The Morgan fingerprint density at radius 1 is 1.21 bits per heavy atom. The molecule has 5 rings (SSSR count). The van der Waals surface area contributed by atoms with Crippen LogP contribution >= 0.6 is 11.3 Å². The normalized spacial score (nSPS) is 18.3. The number of nitrogens with zero attached hydrogens (tertiary/aromatic N) is 5. The fourth-order valence-electron chi connectivity index (χ4n) is 4.68. The lowest BCUT2D eigenvalue weighted by atomic mass is 10.1. The molecule has 9 nitrogen and oxygen atoms in total. The number of amides is 2. The first-order valence-corrected chi connectivity index (χ1v) is 12.0. The van der Waals surface area contributed by atoms with Gasteiger partial charge in [-0.2, -0.15) is 0 Å². The number of hydrogen-bond donors (Lipinski definition) is 2. The van der Waals surface area contributed by atoms with Gasteiger partial charge in [0.1, 0.15) is 17.2 Å². The van der Waals surface area contributed by atoms with Crippen LogP contribution in [0.25, 0.3) is 22.3 Å². The van der Waals surface area contributed by atoms with Crippen molar-refractivity contribution in [2.45, 2.75) is 32.9 Å². The molecule has 0 aliphatic carbocycles. The molecule has 0 radical (unpaired) electrons. The van der Waals surface area contributed by atoms with Crippen LogP contribution < -0.4 is 10.2 Å². The maximum Gasteiger partial charge on any atom is 0.275 e. The quantitative estimate of drug-likeness (QED) is 0.460. The summed E-state index contributed by atoms with van der Waals surface area (Å²) < 4.78 is 0. The molecule has 4 aromatic rings. The lowest BCUT2D eigenvalue weighted by molar-refractivity contribution is -0.133. The van der Waals surface area contributed by atoms with Gasteiger partial charge in [0.2, 0.25) is 5.91 Å². The highest BCUT2D eigenvalue weighted by Gasteiger charge is 2.31. The fourth-order valence-corrected chi connectivity index (χ4v) is 5.22. The maximum absolute atomic E-state index is 12.4. The van der Waals surface area contributed by atoms with E-state index in [9.17, 15) is 9.59 Å². The lowest BCUT2D eigenvalue weighted by Gasteiger charge is -2.44. The van der Waals surface area contributed by atoms with Crippen LogP contribution in [-0.2, 0) is 4.79 Å². The van der Waals surface area contributed by atoms with Crippen molar-refractivity contribution in [2.75, 3.05) is 23.3 Å². The molecule has 1 aliphatic heterocycles. The van der Waals surface area contributed by atoms with Gasteiger partial charge in [-0.05, 0) is 32.0 Å². The van der Waals surface area contributed by atoms with E-state index in [1.807, 2.05) is 35.4 Å². The molecule has 0 aromatic carbocycles. The molecule has 1 saturated heterocycles. The average molecular weight is 478 g/mol. The van der Waals surface area contributed by atoms with Gasteiger partial charge >= 0.3 is 0 Å². The number of H-pyrrole nitrogens is 1. The van der Waals surface area contributed by atoms with Gasteiger partial charge in [-0.25, -0.2) is 15.0 Å². The first-order chi connectivity index (χ1) is 16.4.